The van der Waals surface area contributed by atoms with Gasteiger partial charge in [-0.2, -0.15) is 0 Å². The lowest BCUT2D eigenvalue weighted by Crippen LogP contribution is -2.55. The van der Waals surface area contributed by atoms with E-state index in [0.29, 0.717) is 24.9 Å². The minimum atomic E-state index is -1.03. The number of ether oxygens (including phenoxy) is 2. The lowest BCUT2D eigenvalue weighted by molar-refractivity contribution is -0.140. The summed E-state index contributed by atoms with van der Waals surface area (Å²) in [6.45, 7) is 2.69. The lowest BCUT2D eigenvalue weighted by Gasteiger charge is -2.29. The van der Waals surface area contributed by atoms with Crippen LogP contribution in [0.15, 0.2) is 109 Å². The van der Waals surface area contributed by atoms with Gasteiger partial charge in [0.15, 0.2) is 11.0 Å². The van der Waals surface area contributed by atoms with Crippen LogP contribution in [0.1, 0.15) is 57.7 Å². The summed E-state index contributed by atoms with van der Waals surface area (Å²) in [5.74, 6) is -1.55. The number of rotatable bonds is 18. The second kappa shape index (κ2) is 20.3. The van der Waals surface area contributed by atoms with Crippen molar-refractivity contribution >= 4 is 51.2 Å². The van der Waals surface area contributed by atoms with Gasteiger partial charge in [-0.25, -0.2) is 9.78 Å². The maximum atomic E-state index is 14.7. The second-order valence-corrected chi connectivity index (χ2v) is 15.4. The monoisotopic (exact) mass is 803 g/mol. The Balaban J connectivity index is 1.24. The van der Waals surface area contributed by atoms with Gasteiger partial charge in [0.25, 0.3) is 0 Å². The minimum absolute atomic E-state index is 0.0158. The first kappa shape index (κ1) is 41.5. The molecule has 1 aromatic heterocycles. The Kier molecular flexibility index (Phi) is 14.6. The van der Waals surface area contributed by atoms with Crippen LogP contribution in [0.25, 0.3) is 10.2 Å². The molecule has 14 heteroatoms. The molecule has 1 aliphatic rings. The molecular weight excluding hydrogens is 755 g/mol. The fourth-order valence-corrected chi connectivity index (χ4v) is 7.78. The Bertz CT molecular complexity index is 2130. The highest BCUT2D eigenvalue weighted by molar-refractivity contribution is 7.20. The van der Waals surface area contributed by atoms with Crippen molar-refractivity contribution in [2.45, 2.75) is 76.5 Å². The highest BCUT2D eigenvalue weighted by Gasteiger charge is 2.43. The molecule has 13 nitrogen and oxygen atoms in total. The van der Waals surface area contributed by atoms with Crippen LogP contribution in [0.5, 0.6) is 0 Å². The van der Waals surface area contributed by atoms with Crippen molar-refractivity contribution < 1.29 is 28.7 Å². The second-order valence-electron chi connectivity index (χ2n) is 14.3. The van der Waals surface area contributed by atoms with Crippen LogP contribution in [0.2, 0.25) is 0 Å². The maximum Gasteiger partial charge on any atom is 0.408 e. The molecule has 5 aromatic rings. The number of nitrogens with one attached hydrogen (secondary N) is 4. The van der Waals surface area contributed by atoms with E-state index >= 15 is 0 Å². The first-order chi connectivity index (χ1) is 28.1. The predicted molar refractivity (Wildman–Crippen MR) is 223 cm³/mol. The first-order valence-electron chi connectivity index (χ1n) is 19.4. The molecule has 1 saturated heterocycles. The number of guanidine groups is 1. The first-order valence-corrected chi connectivity index (χ1v) is 20.2. The average molecular weight is 804 g/mol. The van der Waals surface area contributed by atoms with Crippen LogP contribution >= 0.6 is 11.3 Å². The topological polar surface area (TPSA) is 189 Å². The van der Waals surface area contributed by atoms with Gasteiger partial charge in [0.2, 0.25) is 17.6 Å². The Morgan fingerprint density at radius 2 is 1.52 bits per heavy atom. The number of amides is 3. The maximum absolute atomic E-state index is 14.7. The van der Waals surface area contributed by atoms with E-state index in [1.54, 1.807) is 0 Å². The fourth-order valence-electron chi connectivity index (χ4n) is 6.82. The van der Waals surface area contributed by atoms with Gasteiger partial charge in [0.1, 0.15) is 18.7 Å². The molecule has 4 aromatic carbocycles. The molecule has 0 unspecified atom stereocenters. The number of hydrogen-bond donors (Lipinski definition) is 5. The largest absolute Gasteiger partial charge is 0.445 e. The molecule has 1 fully saturated rings. The fraction of sp³-hybridized carbons (Fsp3) is 0.318. The smallest absolute Gasteiger partial charge is 0.408 e. The number of likely N-dealkylation sites (tertiary alicyclic amines) is 1. The van der Waals surface area contributed by atoms with Crippen LogP contribution in [-0.2, 0) is 38.7 Å². The third kappa shape index (κ3) is 11.7. The number of nitrogens with two attached hydrogens (primary N) is 1. The summed E-state index contributed by atoms with van der Waals surface area (Å²) in [4.78, 5) is 62.4. The zero-order valence-corrected chi connectivity index (χ0v) is 33.2. The van der Waals surface area contributed by atoms with Gasteiger partial charge in [0.05, 0.1) is 29.0 Å². The Morgan fingerprint density at radius 1 is 0.845 bits per heavy atom. The normalized spacial score (nSPS) is 16.0. The molecule has 58 heavy (non-hydrogen) atoms. The highest BCUT2D eigenvalue weighted by atomic mass is 32.1. The number of thiazole rings is 1. The quantitative estimate of drug-likeness (QED) is 0.0323. The average Bonchev–Trinajstić information content (AvgIpc) is 3.88. The summed E-state index contributed by atoms with van der Waals surface area (Å²) in [5.41, 5.74) is 9.99. The molecule has 0 saturated carbocycles. The number of para-hydroxylation sites is 1. The number of aryl methyl sites for hydroxylation is 2. The zero-order valence-electron chi connectivity index (χ0n) is 32.4. The Labute approximate surface area is 341 Å². The molecule has 0 radical (unpaired) electrons. The molecule has 302 valence electrons. The summed E-state index contributed by atoms with van der Waals surface area (Å²) >= 11 is 1.25. The van der Waals surface area contributed by atoms with Crippen LogP contribution in [0, 0.1) is 12.3 Å². The molecule has 0 bridgehead atoms. The summed E-state index contributed by atoms with van der Waals surface area (Å²) < 4.78 is 12.7. The number of fused-ring (bicyclic) bond motifs is 1. The van der Waals surface area contributed by atoms with Crippen molar-refractivity contribution in [2.75, 3.05) is 13.1 Å². The molecule has 4 atom stereocenters. The highest BCUT2D eigenvalue weighted by Crippen LogP contribution is 2.26. The van der Waals surface area contributed by atoms with Crippen LogP contribution in [-0.4, -0.2) is 76.9 Å². The zero-order chi connectivity index (χ0) is 40.9. The third-order valence-corrected chi connectivity index (χ3v) is 11.0. The van der Waals surface area contributed by atoms with E-state index in [9.17, 15) is 19.2 Å². The van der Waals surface area contributed by atoms with Crippen molar-refractivity contribution in [1.29, 1.82) is 5.41 Å². The summed E-state index contributed by atoms with van der Waals surface area (Å²) in [7, 11) is 0. The van der Waals surface area contributed by atoms with E-state index in [1.165, 1.54) is 16.2 Å². The third-order valence-electron chi connectivity index (χ3n) is 9.94. The van der Waals surface area contributed by atoms with E-state index in [0.717, 1.165) is 27.0 Å². The lowest BCUT2D eigenvalue weighted by atomic mass is 10.0. The molecule has 0 aliphatic carbocycles. The number of carbonyl (C=O) groups is 4. The van der Waals surface area contributed by atoms with E-state index in [1.807, 2.05) is 116 Å². The summed E-state index contributed by atoms with van der Waals surface area (Å²) in [5, 5.41) is 16.3. The number of benzene rings is 4. The van der Waals surface area contributed by atoms with Gasteiger partial charge < -0.3 is 36.1 Å². The SMILES string of the molecule is Cc1ccc(CO[C@@H]2C[C@@H](C(=O)N[C@@H](CCCNC(=N)N)C(=O)c3nc4ccccc4s3)N(C(=O)[C@@H](CCc3ccccc3)NC(=O)OCc3ccccc3)C2)cc1. The van der Waals surface area contributed by atoms with Crippen molar-refractivity contribution in [3.63, 3.8) is 0 Å². The molecule has 6 rings (SSSR count). The van der Waals surface area contributed by atoms with Gasteiger partial charge in [-0.1, -0.05) is 103 Å². The molecule has 1 aliphatic heterocycles. The number of alkyl carbamates (subject to hydrolysis) is 1. The van der Waals surface area contributed by atoms with E-state index in [4.69, 9.17) is 20.6 Å². The number of nitrogens with zero attached hydrogens (tertiary/aromatic N) is 2. The number of carbonyl (C=O) groups excluding carboxylic acids is 4. The van der Waals surface area contributed by atoms with Crippen molar-refractivity contribution in [1.82, 2.24) is 25.8 Å². The van der Waals surface area contributed by atoms with Gasteiger partial charge in [-0.05, 0) is 61.4 Å². The van der Waals surface area contributed by atoms with Crippen LogP contribution < -0.4 is 21.7 Å². The number of Topliss-reactive ketones (excluding diaryl/α,β-unsaturated/α-hetero) is 1. The standard InChI is InChI=1S/C44H49N7O6S/c1-29-18-20-32(21-19-29)27-56-33-25-37(40(53)48-35(16-10-24-47-43(45)46)39(52)41-49-34-15-8-9-17-38(34)58-41)51(26-33)42(54)36(23-22-30-11-4-2-5-12-30)50-44(55)57-28-31-13-6-3-7-14-31/h2-9,11-15,17-21,33,35-37H,10,16,22-28H2,1H3,(H,48,53)(H,50,55)(H4,45,46,47)/t33-,35+,36-,37+/m1/s1. The number of aromatic nitrogens is 1. The van der Waals surface area contributed by atoms with Gasteiger partial charge in [-0.15, -0.1) is 11.3 Å². The molecule has 6 N–H and O–H groups in total. The van der Waals surface area contributed by atoms with Crippen LogP contribution in [0.4, 0.5) is 4.79 Å². The molecule has 0 spiro atoms. The summed E-state index contributed by atoms with van der Waals surface area (Å²) in [6.07, 6.45) is 0.242. The van der Waals surface area contributed by atoms with Crippen LogP contribution in [0.3, 0.4) is 0 Å². The Morgan fingerprint density at radius 3 is 2.22 bits per heavy atom. The van der Waals surface area contributed by atoms with Crippen molar-refractivity contribution in [3.8, 4) is 0 Å². The van der Waals surface area contributed by atoms with Gasteiger partial charge >= 0.3 is 6.09 Å². The van der Waals surface area contributed by atoms with Crippen molar-refractivity contribution in [3.05, 3.63) is 136 Å². The van der Waals surface area contributed by atoms with Crippen molar-refractivity contribution in [2.24, 2.45) is 5.73 Å². The van der Waals surface area contributed by atoms with Gasteiger partial charge in [0, 0.05) is 19.5 Å². The minimum Gasteiger partial charge on any atom is -0.445 e. The van der Waals surface area contributed by atoms with E-state index in [2.05, 4.69) is 20.9 Å². The van der Waals surface area contributed by atoms with E-state index in [-0.39, 0.29) is 55.8 Å². The molecular formula is C44H49N7O6S. The van der Waals surface area contributed by atoms with E-state index < -0.39 is 42.1 Å². The number of ketones is 1. The number of hydrogen-bond acceptors (Lipinski definition) is 9. The molecule has 2 heterocycles. The summed E-state index contributed by atoms with van der Waals surface area (Å²) in [6, 6.07) is 31.2. The predicted octanol–water partition coefficient (Wildman–Crippen LogP) is 5.65. The van der Waals surface area contributed by atoms with Gasteiger partial charge in [-0.3, -0.25) is 19.8 Å². The molecule has 3 amide bonds. The Hall–Kier alpha value is -6.12.